The molecular weight excluding hydrogens is 464 g/mol. The minimum Gasteiger partial charge on any atom is -0.492 e. The van der Waals surface area contributed by atoms with Gasteiger partial charge in [-0.05, 0) is 43.3 Å². The molecule has 4 rings (SSSR count). The molecule has 158 valence electrons. The molecule has 0 atom stereocenters. The van der Waals surface area contributed by atoms with Crippen LogP contribution in [0.3, 0.4) is 0 Å². The average Bonchev–Trinajstić information content (AvgIpc) is 3.20. The Labute approximate surface area is 189 Å². The van der Waals surface area contributed by atoms with E-state index in [-0.39, 0.29) is 5.91 Å². The zero-order chi connectivity index (χ0) is 20.9. The van der Waals surface area contributed by atoms with E-state index in [1.807, 2.05) is 43.3 Å². The number of rotatable bonds is 7. The number of amides is 1. The third kappa shape index (κ3) is 4.94. The lowest BCUT2D eigenvalue weighted by Gasteiger charge is -2.34. The highest BCUT2D eigenvalue weighted by molar-refractivity contribution is 9.10. The van der Waals surface area contributed by atoms with Gasteiger partial charge < -0.3 is 15.0 Å². The van der Waals surface area contributed by atoms with Gasteiger partial charge in [-0.1, -0.05) is 33.3 Å². The summed E-state index contributed by atoms with van der Waals surface area (Å²) in [5.41, 5.74) is 1.64. The largest absolute Gasteiger partial charge is 0.492 e. The molecule has 1 aliphatic heterocycles. The van der Waals surface area contributed by atoms with E-state index < -0.39 is 0 Å². The second-order valence-corrected chi connectivity index (χ2v) is 9.05. The molecule has 1 amide bonds. The number of halogens is 1. The van der Waals surface area contributed by atoms with Gasteiger partial charge >= 0.3 is 0 Å². The molecular formula is C22H25BrN4O2S. The fourth-order valence-corrected chi connectivity index (χ4v) is 4.81. The highest BCUT2D eigenvalue weighted by atomic mass is 79.9. The Bertz CT molecular complexity index is 1000. The average molecular weight is 489 g/mol. The van der Waals surface area contributed by atoms with E-state index in [2.05, 4.69) is 37.1 Å². The normalized spacial score (nSPS) is 14.8. The Kier molecular flexibility index (Phi) is 6.86. The topological polar surface area (TPSA) is 57.7 Å². The van der Waals surface area contributed by atoms with Crippen LogP contribution in [0.1, 0.15) is 17.3 Å². The van der Waals surface area contributed by atoms with E-state index in [0.29, 0.717) is 18.7 Å². The highest BCUT2D eigenvalue weighted by Crippen LogP contribution is 2.34. The number of hydrogen-bond donors (Lipinski definition) is 1. The molecule has 1 fully saturated rings. The van der Waals surface area contributed by atoms with Crippen LogP contribution in [0.25, 0.3) is 10.2 Å². The SMILES string of the molecule is CCOc1cccc2sc(N3CCN(CCNC(=O)c4ccc(Br)cc4)CC3)nc12. The number of para-hydroxylation sites is 1. The standard InChI is InChI=1S/C22H25BrN4O2S/c1-2-29-18-4-3-5-19-20(18)25-22(30-19)27-14-12-26(13-15-27)11-10-24-21(28)16-6-8-17(23)9-7-16/h3-9H,2,10-15H2,1H3,(H,24,28). The second-order valence-electron chi connectivity index (χ2n) is 7.12. The van der Waals surface area contributed by atoms with Crippen LogP contribution in [0.4, 0.5) is 5.13 Å². The first-order valence-electron chi connectivity index (χ1n) is 10.2. The maximum atomic E-state index is 12.2. The van der Waals surface area contributed by atoms with E-state index in [9.17, 15) is 4.79 Å². The fraction of sp³-hybridized carbons (Fsp3) is 0.364. The minimum atomic E-state index is -0.0271. The fourth-order valence-electron chi connectivity index (χ4n) is 3.51. The van der Waals surface area contributed by atoms with Crippen LogP contribution >= 0.6 is 27.3 Å². The van der Waals surface area contributed by atoms with Gasteiger partial charge in [-0.2, -0.15) is 0 Å². The molecule has 0 bridgehead atoms. The molecule has 1 aliphatic rings. The highest BCUT2D eigenvalue weighted by Gasteiger charge is 2.20. The van der Waals surface area contributed by atoms with Gasteiger partial charge in [0.1, 0.15) is 11.3 Å². The molecule has 0 unspecified atom stereocenters. The van der Waals surface area contributed by atoms with Gasteiger partial charge in [0.15, 0.2) is 5.13 Å². The summed E-state index contributed by atoms with van der Waals surface area (Å²) in [4.78, 5) is 21.8. The summed E-state index contributed by atoms with van der Waals surface area (Å²) in [7, 11) is 0. The molecule has 0 aliphatic carbocycles. The van der Waals surface area contributed by atoms with E-state index in [1.165, 1.54) is 0 Å². The number of thiazole rings is 1. The van der Waals surface area contributed by atoms with Crippen molar-refractivity contribution in [3.63, 3.8) is 0 Å². The van der Waals surface area contributed by atoms with Crippen LogP contribution in [0, 0.1) is 0 Å². The number of nitrogens with zero attached hydrogens (tertiary/aromatic N) is 3. The molecule has 6 nitrogen and oxygen atoms in total. The summed E-state index contributed by atoms with van der Waals surface area (Å²) >= 11 is 5.11. The van der Waals surface area contributed by atoms with Crippen molar-refractivity contribution in [2.75, 3.05) is 50.8 Å². The van der Waals surface area contributed by atoms with Gasteiger partial charge in [-0.3, -0.25) is 9.69 Å². The van der Waals surface area contributed by atoms with Gasteiger partial charge in [-0.25, -0.2) is 4.98 Å². The first kappa shape index (κ1) is 21.1. The van der Waals surface area contributed by atoms with E-state index >= 15 is 0 Å². The molecule has 3 aromatic rings. The number of piperazine rings is 1. The Hall–Kier alpha value is -2.16. The number of aromatic nitrogens is 1. The first-order valence-corrected chi connectivity index (χ1v) is 11.8. The zero-order valence-electron chi connectivity index (χ0n) is 16.9. The van der Waals surface area contributed by atoms with Crippen LogP contribution in [0.15, 0.2) is 46.9 Å². The predicted molar refractivity (Wildman–Crippen MR) is 126 cm³/mol. The van der Waals surface area contributed by atoms with E-state index in [1.54, 1.807) is 11.3 Å². The van der Waals surface area contributed by atoms with Crippen LogP contribution in [-0.2, 0) is 0 Å². The molecule has 8 heteroatoms. The maximum Gasteiger partial charge on any atom is 0.251 e. The van der Waals surface area contributed by atoms with Crippen LogP contribution in [0.5, 0.6) is 5.75 Å². The van der Waals surface area contributed by atoms with Crippen molar-refractivity contribution in [1.82, 2.24) is 15.2 Å². The summed E-state index contributed by atoms with van der Waals surface area (Å²) in [6, 6.07) is 13.5. The number of ether oxygens (including phenoxy) is 1. The summed E-state index contributed by atoms with van der Waals surface area (Å²) < 4.78 is 7.85. The predicted octanol–water partition coefficient (Wildman–Crippen LogP) is 4.01. The number of carbonyl (C=O) groups is 1. The third-order valence-electron chi connectivity index (χ3n) is 5.13. The number of fused-ring (bicyclic) bond motifs is 1. The first-order chi connectivity index (χ1) is 14.6. The van der Waals surface area contributed by atoms with Crippen LogP contribution in [0.2, 0.25) is 0 Å². The molecule has 0 saturated carbocycles. The van der Waals surface area contributed by atoms with E-state index in [0.717, 1.165) is 58.3 Å². The molecule has 30 heavy (non-hydrogen) atoms. The van der Waals surface area contributed by atoms with Crippen molar-refractivity contribution in [1.29, 1.82) is 0 Å². The molecule has 0 radical (unpaired) electrons. The van der Waals surface area contributed by atoms with E-state index in [4.69, 9.17) is 9.72 Å². The lowest BCUT2D eigenvalue weighted by Crippen LogP contribution is -2.48. The van der Waals surface area contributed by atoms with Crippen molar-refractivity contribution < 1.29 is 9.53 Å². The molecule has 1 saturated heterocycles. The summed E-state index contributed by atoms with van der Waals surface area (Å²) in [6.45, 7) is 7.92. The van der Waals surface area contributed by atoms with Gasteiger partial charge in [0.05, 0.1) is 11.3 Å². The van der Waals surface area contributed by atoms with Gasteiger partial charge in [0, 0.05) is 49.3 Å². The molecule has 2 aromatic carbocycles. The summed E-state index contributed by atoms with van der Waals surface area (Å²) in [5, 5.41) is 4.07. The van der Waals surface area contributed by atoms with Crippen molar-refractivity contribution >= 4 is 48.5 Å². The van der Waals surface area contributed by atoms with Crippen molar-refractivity contribution in [3.8, 4) is 5.75 Å². The third-order valence-corrected chi connectivity index (χ3v) is 6.74. The van der Waals surface area contributed by atoms with Crippen LogP contribution in [-0.4, -0.2) is 61.7 Å². The maximum absolute atomic E-state index is 12.2. The Morgan fingerprint density at radius 2 is 1.93 bits per heavy atom. The van der Waals surface area contributed by atoms with Crippen molar-refractivity contribution in [2.24, 2.45) is 0 Å². The smallest absolute Gasteiger partial charge is 0.251 e. The number of benzene rings is 2. The minimum absolute atomic E-state index is 0.0271. The second kappa shape index (κ2) is 9.76. The van der Waals surface area contributed by atoms with Gasteiger partial charge in [-0.15, -0.1) is 0 Å². The van der Waals surface area contributed by atoms with Crippen molar-refractivity contribution in [3.05, 3.63) is 52.5 Å². The molecule has 0 spiro atoms. The summed E-state index contributed by atoms with van der Waals surface area (Å²) in [6.07, 6.45) is 0. The van der Waals surface area contributed by atoms with Gasteiger partial charge in [0.25, 0.3) is 5.91 Å². The monoisotopic (exact) mass is 488 g/mol. The Balaban J connectivity index is 1.27. The molecule has 1 N–H and O–H groups in total. The van der Waals surface area contributed by atoms with Gasteiger partial charge in [0.2, 0.25) is 0 Å². The quantitative estimate of drug-likeness (QED) is 0.544. The number of nitrogens with one attached hydrogen (secondary N) is 1. The number of carbonyl (C=O) groups excluding carboxylic acids is 1. The lowest BCUT2D eigenvalue weighted by molar-refractivity contribution is 0.0948. The molecule has 1 aromatic heterocycles. The number of hydrogen-bond acceptors (Lipinski definition) is 6. The van der Waals surface area contributed by atoms with Crippen molar-refractivity contribution in [2.45, 2.75) is 6.92 Å². The lowest BCUT2D eigenvalue weighted by atomic mass is 10.2. The Morgan fingerprint density at radius 1 is 1.17 bits per heavy atom. The zero-order valence-corrected chi connectivity index (χ0v) is 19.3. The van der Waals surface area contributed by atoms with Crippen LogP contribution < -0.4 is 15.0 Å². The Morgan fingerprint density at radius 3 is 2.67 bits per heavy atom. The molecule has 2 heterocycles. The number of anilines is 1. The summed E-state index contributed by atoms with van der Waals surface area (Å²) in [5.74, 6) is 0.832.